The Morgan fingerprint density at radius 2 is 1.96 bits per heavy atom. The Balaban J connectivity index is 1.45. The number of thiophene rings is 1. The average molecular weight is 381 g/mol. The normalized spacial score (nSPS) is 12.5. The third kappa shape index (κ3) is 4.64. The maximum Gasteiger partial charge on any atom is 0.252 e. The highest BCUT2D eigenvalue weighted by Crippen LogP contribution is 2.37. The van der Waals surface area contributed by atoms with Gasteiger partial charge in [-0.2, -0.15) is 11.3 Å². The quantitative estimate of drug-likeness (QED) is 0.754. The third-order valence-electron chi connectivity index (χ3n) is 3.56. The summed E-state index contributed by atoms with van der Waals surface area (Å²) in [5, 5.41) is 9.56. The summed E-state index contributed by atoms with van der Waals surface area (Å²) in [4.78, 5) is 23.8. The summed E-state index contributed by atoms with van der Waals surface area (Å²) in [6, 6.07) is 5.05. The van der Waals surface area contributed by atoms with Crippen molar-refractivity contribution in [2.45, 2.75) is 12.8 Å². The van der Waals surface area contributed by atoms with Crippen molar-refractivity contribution >= 4 is 40.4 Å². The smallest absolute Gasteiger partial charge is 0.252 e. The summed E-state index contributed by atoms with van der Waals surface area (Å²) in [6.07, 6.45) is 0.804. The Kier molecular flexibility index (Phi) is 5.78. The van der Waals surface area contributed by atoms with Crippen LogP contribution in [-0.4, -0.2) is 31.6 Å². The lowest BCUT2D eigenvalue weighted by Crippen LogP contribution is -2.25. The largest absolute Gasteiger partial charge is 0.486 e. The summed E-state index contributed by atoms with van der Waals surface area (Å²) < 4.78 is 10.9. The van der Waals surface area contributed by atoms with Crippen LogP contribution < -0.4 is 20.1 Å². The number of hydrogen-bond acceptors (Lipinski definition) is 5. The molecule has 132 valence electrons. The number of fused-ring (bicyclic) bond motifs is 1. The van der Waals surface area contributed by atoms with E-state index in [1.807, 2.05) is 5.38 Å². The molecule has 2 heterocycles. The van der Waals surface area contributed by atoms with Crippen molar-refractivity contribution < 1.29 is 19.1 Å². The Bertz CT molecular complexity index is 764. The molecular formula is C17H17ClN2O4S. The van der Waals surface area contributed by atoms with Crippen LogP contribution in [0.1, 0.15) is 23.2 Å². The second-order valence-electron chi connectivity index (χ2n) is 5.40. The van der Waals surface area contributed by atoms with Crippen molar-refractivity contribution in [1.29, 1.82) is 0 Å². The molecule has 0 aliphatic carbocycles. The van der Waals surface area contributed by atoms with E-state index in [9.17, 15) is 9.59 Å². The van der Waals surface area contributed by atoms with Crippen molar-refractivity contribution in [2.75, 3.05) is 25.1 Å². The Morgan fingerprint density at radius 3 is 2.68 bits per heavy atom. The van der Waals surface area contributed by atoms with E-state index in [0.29, 0.717) is 54.0 Å². The summed E-state index contributed by atoms with van der Waals surface area (Å²) >= 11 is 7.63. The molecule has 0 saturated carbocycles. The molecule has 6 nitrogen and oxygen atoms in total. The van der Waals surface area contributed by atoms with Crippen LogP contribution in [0.5, 0.6) is 11.5 Å². The molecule has 0 fully saturated rings. The molecule has 25 heavy (non-hydrogen) atoms. The molecule has 0 unspecified atom stereocenters. The van der Waals surface area contributed by atoms with E-state index in [2.05, 4.69) is 10.6 Å². The summed E-state index contributed by atoms with van der Waals surface area (Å²) in [5.74, 6) is 0.833. The average Bonchev–Trinajstić information content (AvgIpc) is 3.14. The zero-order valence-electron chi connectivity index (χ0n) is 13.3. The van der Waals surface area contributed by atoms with E-state index in [1.165, 1.54) is 11.3 Å². The van der Waals surface area contributed by atoms with Gasteiger partial charge in [-0.3, -0.25) is 9.59 Å². The number of ether oxygens (including phenoxy) is 2. The first-order valence-corrected chi connectivity index (χ1v) is 9.15. The van der Waals surface area contributed by atoms with Gasteiger partial charge in [-0.25, -0.2) is 0 Å². The molecule has 1 aliphatic heterocycles. The number of nitrogens with one attached hydrogen (secondary N) is 2. The first-order chi connectivity index (χ1) is 12.1. The minimum absolute atomic E-state index is 0.128. The summed E-state index contributed by atoms with van der Waals surface area (Å²) in [6.45, 7) is 1.37. The van der Waals surface area contributed by atoms with Gasteiger partial charge in [0.1, 0.15) is 13.2 Å². The number of halogens is 1. The molecule has 2 aromatic rings. The van der Waals surface area contributed by atoms with Gasteiger partial charge in [0.2, 0.25) is 5.91 Å². The van der Waals surface area contributed by atoms with Gasteiger partial charge in [-0.05, 0) is 17.9 Å². The third-order valence-corrected chi connectivity index (χ3v) is 4.55. The van der Waals surface area contributed by atoms with Gasteiger partial charge in [-0.15, -0.1) is 0 Å². The van der Waals surface area contributed by atoms with Gasteiger partial charge < -0.3 is 20.1 Å². The zero-order chi connectivity index (χ0) is 17.6. The van der Waals surface area contributed by atoms with Crippen molar-refractivity contribution in [3.05, 3.63) is 39.5 Å². The standard InChI is InChI=1S/C17H17ClN2O4S/c18-12-8-14-15(24-6-5-23-14)9-13(12)20-16(21)2-1-4-19-17(22)11-3-7-25-10-11/h3,7-10H,1-2,4-6H2,(H,19,22)(H,20,21). The SMILES string of the molecule is O=C(CCCNC(=O)c1ccsc1)Nc1cc2c(cc1Cl)OCCO2. The van der Waals surface area contributed by atoms with Crippen molar-refractivity contribution in [1.82, 2.24) is 5.32 Å². The number of rotatable bonds is 6. The first kappa shape index (κ1) is 17.6. The maximum atomic E-state index is 12.1. The highest BCUT2D eigenvalue weighted by atomic mass is 35.5. The van der Waals surface area contributed by atoms with Crippen LogP contribution in [0.25, 0.3) is 0 Å². The molecule has 1 aromatic carbocycles. The molecule has 2 N–H and O–H groups in total. The van der Waals surface area contributed by atoms with Crippen LogP contribution in [0, 0.1) is 0 Å². The fourth-order valence-electron chi connectivity index (χ4n) is 2.32. The van der Waals surface area contributed by atoms with E-state index < -0.39 is 0 Å². The van der Waals surface area contributed by atoms with Gasteiger partial charge in [-0.1, -0.05) is 11.6 Å². The Labute approximate surface area is 154 Å². The molecule has 0 atom stereocenters. The number of carbonyl (C=O) groups is 2. The second kappa shape index (κ2) is 8.22. The van der Waals surface area contributed by atoms with Crippen LogP contribution in [0.4, 0.5) is 5.69 Å². The van der Waals surface area contributed by atoms with Gasteiger partial charge >= 0.3 is 0 Å². The summed E-state index contributed by atoms with van der Waals surface area (Å²) in [7, 11) is 0. The lowest BCUT2D eigenvalue weighted by molar-refractivity contribution is -0.116. The van der Waals surface area contributed by atoms with Gasteiger partial charge in [0.15, 0.2) is 11.5 Å². The number of amides is 2. The van der Waals surface area contributed by atoms with Gasteiger partial charge in [0.05, 0.1) is 10.7 Å². The highest BCUT2D eigenvalue weighted by molar-refractivity contribution is 7.08. The molecule has 1 aromatic heterocycles. The molecule has 0 radical (unpaired) electrons. The number of benzene rings is 1. The Hall–Kier alpha value is -2.25. The Morgan fingerprint density at radius 1 is 1.20 bits per heavy atom. The minimum Gasteiger partial charge on any atom is -0.486 e. The summed E-state index contributed by atoms with van der Waals surface area (Å²) in [5.41, 5.74) is 1.12. The number of hydrogen-bond donors (Lipinski definition) is 2. The van der Waals surface area contributed by atoms with E-state index in [1.54, 1.807) is 23.6 Å². The van der Waals surface area contributed by atoms with Crippen LogP contribution in [0.3, 0.4) is 0 Å². The van der Waals surface area contributed by atoms with E-state index in [4.69, 9.17) is 21.1 Å². The molecule has 8 heteroatoms. The number of anilines is 1. The molecule has 3 rings (SSSR count). The van der Waals surface area contributed by atoms with Crippen LogP contribution in [0.15, 0.2) is 29.0 Å². The molecule has 1 aliphatic rings. The van der Waals surface area contributed by atoms with Crippen LogP contribution >= 0.6 is 22.9 Å². The highest BCUT2D eigenvalue weighted by Gasteiger charge is 2.16. The molecule has 0 saturated heterocycles. The van der Waals surface area contributed by atoms with Crippen molar-refractivity contribution in [2.24, 2.45) is 0 Å². The van der Waals surface area contributed by atoms with Gasteiger partial charge in [0, 0.05) is 36.0 Å². The second-order valence-corrected chi connectivity index (χ2v) is 6.58. The molecule has 0 spiro atoms. The maximum absolute atomic E-state index is 12.1. The fraction of sp³-hybridized carbons (Fsp3) is 0.294. The van der Waals surface area contributed by atoms with Crippen LogP contribution in [0.2, 0.25) is 5.02 Å². The van der Waals surface area contributed by atoms with Crippen LogP contribution in [-0.2, 0) is 4.79 Å². The van der Waals surface area contributed by atoms with Crippen molar-refractivity contribution in [3.63, 3.8) is 0 Å². The van der Waals surface area contributed by atoms with E-state index in [-0.39, 0.29) is 18.2 Å². The predicted molar refractivity (Wildman–Crippen MR) is 97.0 cm³/mol. The number of carbonyl (C=O) groups excluding carboxylic acids is 2. The zero-order valence-corrected chi connectivity index (χ0v) is 14.9. The predicted octanol–water partition coefficient (Wildman–Crippen LogP) is 3.32. The van der Waals surface area contributed by atoms with E-state index >= 15 is 0 Å². The topological polar surface area (TPSA) is 76.7 Å². The first-order valence-electron chi connectivity index (χ1n) is 7.83. The lowest BCUT2D eigenvalue weighted by Gasteiger charge is -2.20. The lowest BCUT2D eigenvalue weighted by atomic mass is 10.2. The van der Waals surface area contributed by atoms with Gasteiger partial charge in [0.25, 0.3) is 5.91 Å². The minimum atomic E-state index is -0.177. The van der Waals surface area contributed by atoms with Crippen molar-refractivity contribution in [3.8, 4) is 11.5 Å². The fourth-order valence-corrected chi connectivity index (χ4v) is 3.16. The molecular weight excluding hydrogens is 364 g/mol. The monoisotopic (exact) mass is 380 g/mol. The molecule has 2 amide bonds. The molecule has 0 bridgehead atoms. The van der Waals surface area contributed by atoms with E-state index in [0.717, 1.165) is 0 Å².